The highest BCUT2D eigenvalue weighted by Crippen LogP contribution is 2.36. The smallest absolute Gasteiger partial charge is 0.253 e. The van der Waals surface area contributed by atoms with Crippen LogP contribution in [0.25, 0.3) is 0 Å². The summed E-state index contributed by atoms with van der Waals surface area (Å²) >= 11 is 0. The van der Waals surface area contributed by atoms with Crippen LogP contribution in [0.1, 0.15) is 27.2 Å². The van der Waals surface area contributed by atoms with Crippen LogP contribution in [0.5, 0.6) is 5.75 Å². The third-order valence-corrected chi connectivity index (χ3v) is 2.89. The lowest BCUT2D eigenvalue weighted by Crippen LogP contribution is -2.28. The predicted octanol–water partition coefficient (Wildman–Crippen LogP) is 2.48. The SMILES string of the molecule is CC(C)(C)C1CC(=O)N(c2ccccc2O)O1. The van der Waals surface area contributed by atoms with E-state index in [0.29, 0.717) is 12.1 Å². The van der Waals surface area contributed by atoms with E-state index in [1.807, 2.05) is 20.8 Å². The monoisotopic (exact) mass is 235 g/mol. The number of hydroxylamine groups is 1. The summed E-state index contributed by atoms with van der Waals surface area (Å²) in [6.45, 7) is 6.08. The van der Waals surface area contributed by atoms with E-state index in [9.17, 15) is 9.90 Å². The highest BCUT2D eigenvalue weighted by Gasteiger charge is 2.39. The Morgan fingerprint density at radius 3 is 2.53 bits per heavy atom. The molecule has 1 aromatic carbocycles. The first kappa shape index (κ1) is 11.9. The van der Waals surface area contributed by atoms with Crippen LogP contribution in [0, 0.1) is 5.41 Å². The first-order valence-corrected chi connectivity index (χ1v) is 5.67. The van der Waals surface area contributed by atoms with Crippen LogP contribution >= 0.6 is 0 Å². The van der Waals surface area contributed by atoms with E-state index < -0.39 is 0 Å². The maximum atomic E-state index is 11.9. The maximum Gasteiger partial charge on any atom is 0.253 e. The standard InChI is InChI=1S/C13H17NO3/c1-13(2,3)11-8-12(16)14(17-11)9-6-4-5-7-10(9)15/h4-7,11,15H,8H2,1-3H3. The Morgan fingerprint density at radius 2 is 2.00 bits per heavy atom. The quantitative estimate of drug-likeness (QED) is 0.813. The van der Waals surface area contributed by atoms with Gasteiger partial charge in [0.1, 0.15) is 11.4 Å². The van der Waals surface area contributed by atoms with Crippen LogP contribution in [0.15, 0.2) is 24.3 Å². The van der Waals surface area contributed by atoms with Crippen molar-refractivity contribution in [3.63, 3.8) is 0 Å². The second-order valence-corrected chi connectivity index (χ2v) is 5.34. The summed E-state index contributed by atoms with van der Waals surface area (Å²) in [5, 5.41) is 10.9. The molecule has 0 saturated carbocycles. The molecule has 92 valence electrons. The van der Waals surface area contributed by atoms with E-state index in [1.165, 1.54) is 11.1 Å². The normalized spacial score (nSPS) is 21.0. The summed E-state index contributed by atoms with van der Waals surface area (Å²) in [6.07, 6.45) is 0.187. The minimum absolute atomic E-state index is 0.0513. The Labute approximate surface area is 101 Å². The van der Waals surface area contributed by atoms with Gasteiger partial charge < -0.3 is 5.11 Å². The molecule has 1 aliphatic heterocycles. The number of amides is 1. The Hall–Kier alpha value is -1.55. The molecule has 4 heteroatoms. The second-order valence-electron chi connectivity index (χ2n) is 5.34. The fourth-order valence-electron chi connectivity index (χ4n) is 1.76. The largest absolute Gasteiger partial charge is 0.506 e. The van der Waals surface area contributed by atoms with E-state index >= 15 is 0 Å². The van der Waals surface area contributed by atoms with Crippen LogP contribution in [-0.4, -0.2) is 17.1 Å². The molecule has 1 saturated heterocycles. The molecule has 0 aromatic heterocycles. The molecule has 0 spiro atoms. The third kappa shape index (κ3) is 2.26. The Bertz CT molecular complexity index is 437. The molecule has 17 heavy (non-hydrogen) atoms. The summed E-state index contributed by atoms with van der Waals surface area (Å²) in [5.74, 6) is -0.0677. The van der Waals surface area contributed by atoms with Gasteiger partial charge in [0.2, 0.25) is 0 Å². The molecule has 1 atom stereocenters. The van der Waals surface area contributed by atoms with Crippen molar-refractivity contribution in [2.24, 2.45) is 5.41 Å². The zero-order valence-corrected chi connectivity index (χ0v) is 10.3. The highest BCUT2D eigenvalue weighted by molar-refractivity contribution is 5.94. The van der Waals surface area contributed by atoms with Crippen molar-refractivity contribution in [2.75, 3.05) is 5.06 Å². The van der Waals surface area contributed by atoms with Gasteiger partial charge in [-0.1, -0.05) is 32.9 Å². The fourth-order valence-corrected chi connectivity index (χ4v) is 1.76. The number of benzene rings is 1. The van der Waals surface area contributed by atoms with Gasteiger partial charge in [-0.2, -0.15) is 5.06 Å². The number of hydrogen-bond acceptors (Lipinski definition) is 3. The summed E-state index contributed by atoms with van der Waals surface area (Å²) in [4.78, 5) is 17.5. The topological polar surface area (TPSA) is 49.8 Å². The first-order chi connectivity index (χ1) is 7.89. The first-order valence-electron chi connectivity index (χ1n) is 5.67. The molecule has 1 aromatic rings. The van der Waals surface area contributed by atoms with Gasteiger partial charge >= 0.3 is 0 Å². The van der Waals surface area contributed by atoms with Crippen LogP contribution in [0.3, 0.4) is 0 Å². The lowest BCUT2D eigenvalue weighted by Gasteiger charge is -2.26. The van der Waals surface area contributed by atoms with Crippen LogP contribution < -0.4 is 5.06 Å². The van der Waals surface area contributed by atoms with Crippen LogP contribution in [-0.2, 0) is 9.63 Å². The fraction of sp³-hybridized carbons (Fsp3) is 0.462. The van der Waals surface area contributed by atoms with Gasteiger partial charge in [0.15, 0.2) is 0 Å². The summed E-state index contributed by atoms with van der Waals surface area (Å²) < 4.78 is 0. The molecule has 1 heterocycles. The Balaban J connectivity index is 2.25. The van der Waals surface area contributed by atoms with Gasteiger partial charge in [-0.25, -0.2) is 0 Å². The Morgan fingerprint density at radius 1 is 1.35 bits per heavy atom. The van der Waals surface area contributed by atoms with Crippen molar-refractivity contribution in [1.82, 2.24) is 0 Å². The van der Waals surface area contributed by atoms with Crippen molar-refractivity contribution in [1.29, 1.82) is 0 Å². The maximum absolute atomic E-state index is 11.9. The van der Waals surface area contributed by atoms with E-state index in [4.69, 9.17) is 4.84 Å². The molecule has 1 N–H and O–H groups in total. The molecule has 1 unspecified atom stereocenters. The van der Waals surface area contributed by atoms with Crippen molar-refractivity contribution >= 4 is 11.6 Å². The molecule has 0 radical (unpaired) electrons. The number of nitrogens with zero attached hydrogens (tertiary/aromatic N) is 1. The number of hydrogen-bond donors (Lipinski definition) is 1. The average Bonchev–Trinajstić information content (AvgIpc) is 2.61. The number of phenols is 1. The number of carbonyl (C=O) groups excluding carboxylic acids is 1. The molecular weight excluding hydrogens is 218 g/mol. The average molecular weight is 235 g/mol. The molecule has 0 bridgehead atoms. The number of rotatable bonds is 1. The number of anilines is 1. The molecule has 0 aliphatic carbocycles. The predicted molar refractivity (Wildman–Crippen MR) is 64.5 cm³/mol. The Kier molecular flexibility index (Phi) is 2.83. The van der Waals surface area contributed by atoms with E-state index in [-0.39, 0.29) is 23.2 Å². The minimum atomic E-state index is -0.158. The van der Waals surface area contributed by atoms with Crippen molar-refractivity contribution in [3.05, 3.63) is 24.3 Å². The van der Waals surface area contributed by atoms with Gasteiger partial charge in [0.25, 0.3) is 5.91 Å². The van der Waals surface area contributed by atoms with E-state index in [1.54, 1.807) is 18.2 Å². The molecule has 1 fully saturated rings. The highest BCUT2D eigenvalue weighted by atomic mass is 16.7. The lowest BCUT2D eigenvalue weighted by atomic mass is 9.87. The van der Waals surface area contributed by atoms with E-state index in [2.05, 4.69) is 0 Å². The van der Waals surface area contributed by atoms with Crippen LogP contribution in [0.4, 0.5) is 5.69 Å². The number of phenolic OH excluding ortho intramolecular Hbond substituents is 1. The zero-order chi connectivity index (χ0) is 12.6. The number of para-hydroxylation sites is 2. The summed E-state index contributed by atoms with van der Waals surface area (Å²) in [7, 11) is 0. The van der Waals surface area contributed by atoms with Crippen LogP contribution in [0.2, 0.25) is 0 Å². The van der Waals surface area contributed by atoms with Gasteiger partial charge in [0.05, 0.1) is 12.5 Å². The summed E-state index contributed by atoms with van der Waals surface area (Å²) in [6, 6.07) is 6.67. The zero-order valence-electron chi connectivity index (χ0n) is 10.3. The molecule has 4 nitrogen and oxygen atoms in total. The summed E-state index contributed by atoms with van der Waals surface area (Å²) in [5.41, 5.74) is 0.304. The van der Waals surface area contributed by atoms with Gasteiger partial charge in [-0.3, -0.25) is 9.63 Å². The third-order valence-electron chi connectivity index (χ3n) is 2.89. The second kappa shape index (κ2) is 4.04. The lowest BCUT2D eigenvalue weighted by molar-refractivity contribution is -0.119. The van der Waals surface area contributed by atoms with Crippen molar-refractivity contribution in [3.8, 4) is 5.75 Å². The van der Waals surface area contributed by atoms with Gasteiger partial charge in [-0.15, -0.1) is 0 Å². The van der Waals surface area contributed by atoms with Gasteiger partial charge in [-0.05, 0) is 17.5 Å². The molecular formula is C13H17NO3. The molecule has 1 amide bonds. The van der Waals surface area contributed by atoms with E-state index in [0.717, 1.165) is 0 Å². The molecule has 1 aliphatic rings. The van der Waals surface area contributed by atoms with Crippen molar-refractivity contribution in [2.45, 2.75) is 33.3 Å². The van der Waals surface area contributed by atoms with Gasteiger partial charge in [0, 0.05) is 0 Å². The molecule has 2 rings (SSSR count). The number of aromatic hydroxyl groups is 1. The minimum Gasteiger partial charge on any atom is -0.506 e. The van der Waals surface area contributed by atoms with Crippen molar-refractivity contribution < 1.29 is 14.7 Å². The number of carbonyl (C=O) groups is 1.